The molecule has 1 N–H and O–H groups in total. The zero-order valence-corrected chi connectivity index (χ0v) is 13.8. The van der Waals surface area contributed by atoms with Crippen molar-refractivity contribution in [3.8, 4) is 0 Å². The fourth-order valence-corrected chi connectivity index (χ4v) is 2.71. The van der Waals surface area contributed by atoms with Crippen molar-refractivity contribution in [2.45, 2.75) is 0 Å². The van der Waals surface area contributed by atoms with Crippen LogP contribution in [0.15, 0.2) is 41.0 Å². The van der Waals surface area contributed by atoms with Crippen LogP contribution in [0.2, 0.25) is 0 Å². The Bertz CT molecular complexity index is 720. The van der Waals surface area contributed by atoms with Gasteiger partial charge in [-0.15, -0.1) is 0 Å². The van der Waals surface area contributed by atoms with Crippen molar-refractivity contribution in [3.63, 3.8) is 0 Å². The highest BCUT2D eigenvalue weighted by Crippen LogP contribution is 2.23. The number of ether oxygens (including phenoxy) is 1. The smallest absolute Gasteiger partial charge is 0.259 e. The molecule has 1 aromatic heterocycles. The molecule has 3 rings (SSSR count). The molecule has 1 aliphatic rings. The standard InChI is InChI=1S/C16H15BrFN3O2/c17-11-3-4-14(13(18)10-11)20-16(22)12-2-1-5-19-15(12)21-6-8-23-9-7-21/h1-5,10H,6-9H2,(H,20,22). The number of hydrogen-bond donors (Lipinski definition) is 1. The number of morpholine rings is 1. The molecule has 1 aromatic carbocycles. The van der Waals surface area contributed by atoms with Crippen molar-refractivity contribution >= 4 is 33.3 Å². The Kier molecular flexibility index (Phi) is 4.88. The molecule has 0 saturated carbocycles. The summed E-state index contributed by atoms with van der Waals surface area (Å²) in [7, 11) is 0. The Morgan fingerprint density at radius 3 is 2.83 bits per heavy atom. The van der Waals surface area contributed by atoms with Crippen molar-refractivity contribution in [2.24, 2.45) is 0 Å². The van der Waals surface area contributed by atoms with Crippen LogP contribution in [-0.2, 0) is 4.74 Å². The predicted molar refractivity (Wildman–Crippen MR) is 89.3 cm³/mol. The van der Waals surface area contributed by atoms with E-state index in [2.05, 4.69) is 26.2 Å². The average molecular weight is 380 g/mol. The van der Waals surface area contributed by atoms with E-state index >= 15 is 0 Å². The van der Waals surface area contributed by atoms with Crippen LogP contribution in [-0.4, -0.2) is 37.2 Å². The number of benzene rings is 1. The van der Waals surface area contributed by atoms with E-state index in [1.54, 1.807) is 24.4 Å². The summed E-state index contributed by atoms with van der Waals surface area (Å²) in [5.74, 6) is -0.295. The zero-order valence-electron chi connectivity index (χ0n) is 12.3. The van der Waals surface area contributed by atoms with Crippen LogP contribution in [0, 0.1) is 5.82 Å². The lowest BCUT2D eigenvalue weighted by Gasteiger charge is -2.29. The van der Waals surface area contributed by atoms with E-state index in [1.807, 2.05) is 4.90 Å². The van der Waals surface area contributed by atoms with Crippen LogP contribution in [0.25, 0.3) is 0 Å². The first-order valence-corrected chi connectivity index (χ1v) is 7.98. The lowest BCUT2D eigenvalue weighted by molar-refractivity contribution is 0.102. The van der Waals surface area contributed by atoms with Crippen LogP contribution < -0.4 is 10.2 Å². The van der Waals surface area contributed by atoms with Crippen molar-refractivity contribution in [3.05, 3.63) is 52.4 Å². The van der Waals surface area contributed by atoms with Gasteiger partial charge in [0, 0.05) is 23.8 Å². The van der Waals surface area contributed by atoms with E-state index in [9.17, 15) is 9.18 Å². The summed E-state index contributed by atoms with van der Waals surface area (Å²) in [5, 5.41) is 2.60. The first-order chi connectivity index (χ1) is 11.1. The number of carbonyl (C=O) groups excluding carboxylic acids is 1. The lowest BCUT2D eigenvalue weighted by Crippen LogP contribution is -2.38. The number of nitrogens with one attached hydrogen (secondary N) is 1. The fourth-order valence-electron chi connectivity index (χ4n) is 2.38. The molecule has 0 spiro atoms. The summed E-state index contributed by atoms with van der Waals surface area (Å²) >= 11 is 3.19. The number of aromatic nitrogens is 1. The average Bonchev–Trinajstić information content (AvgIpc) is 2.58. The Morgan fingerprint density at radius 1 is 1.30 bits per heavy atom. The topological polar surface area (TPSA) is 54.5 Å². The van der Waals surface area contributed by atoms with E-state index < -0.39 is 5.82 Å². The third kappa shape index (κ3) is 3.68. The highest BCUT2D eigenvalue weighted by molar-refractivity contribution is 9.10. The third-order valence-corrected chi connectivity index (χ3v) is 4.01. The molecule has 2 aromatic rings. The Morgan fingerprint density at radius 2 is 2.09 bits per heavy atom. The molecule has 0 atom stereocenters. The van der Waals surface area contributed by atoms with Gasteiger partial charge >= 0.3 is 0 Å². The molecule has 2 heterocycles. The zero-order chi connectivity index (χ0) is 16.2. The van der Waals surface area contributed by atoms with E-state index in [0.29, 0.717) is 42.2 Å². The van der Waals surface area contributed by atoms with Gasteiger partial charge in [0.25, 0.3) is 5.91 Å². The molecule has 1 aliphatic heterocycles. The first kappa shape index (κ1) is 15.9. The van der Waals surface area contributed by atoms with Gasteiger partial charge in [-0.25, -0.2) is 9.37 Å². The second-order valence-electron chi connectivity index (χ2n) is 5.05. The molecule has 1 saturated heterocycles. The third-order valence-electron chi connectivity index (χ3n) is 3.52. The Labute approximate surface area is 141 Å². The second kappa shape index (κ2) is 7.06. The monoisotopic (exact) mass is 379 g/mol. The summed E-state index contributed by atoms with van der Waals surface area (Å²) in [5.41, 5.74) is 0.548. The van der Waals surface area contributed by atoms with Crippen LogP contribution in [0.3, 0.4) is 0 Å². The van der Waals surface area contributed by atoms with Crippen molar-refractivity contribution in [2.75, 3.05) is 36.5 Å². The highest BCUT2D eigenvalue weighted by Gasteiger charge is 2.20. The van der Waals surface area contributed by atoms with Crippen LogP contribution in [0.4, 0.5) is 15.9 Å². The van der Waals surface area contributed by atoms with Crippen molar-refractivity contribution in [1.29, 1.82) is 0 Å². The Balaban J connectivity index is 1.84. The molecule has 0 bridgehead atoms. The number of rotatable bonds is 3. The highest BCUT2D eigenvalue weighted by atomic mass is 79.9. The van der Waals surface area contributed by atoms with Gasteiger partial charge in [0.05, 0.1) is 24.5 Å². The lowest BCUT2D eigenvalue weighted by atomic mass is 10.2. The maximum Gasteiger partial charge on any atom is 0.259 e. The second-order valence-corrected chi connectivity index (χ2v) is 5.97. The quantitative estimate of drug-likeness (QED) is 0.890. The maximum atomic E-state index is 13.9. The summed E-state index contributed by atoms with van der Waals surface area (Å²) < 4.78 is 19.8. The van der Waals surface area contributed by atoms with Gasteiger partial charge in [0.2, 0.25) is 0 Å². The van der Waals surface area contributed by atoms with Gasteiger partial charge in [0.1, 0.15) is 11.6 Å². The Hall–Kier alpha value is -1.99. The fraction of sp³-hybridized carbons (Fsp3) is 0.250. The molecular formula is C16H15BrFN3O2. The number of halogens is 2. The number of anilines is 2. The number of pyridine rings is 1. The molecule has 1 fully saturated rings. The summed E-state index contributed by atoms with van der Waals surface area (Å²) in [6.45, 7) is 2.53. The summed E-state index contributed by atoms with van der Waals surface area (Å²) in [6, 6.07) is 7.87. The number of amides is 1. The van der Waals surface area contributed by atoms with Crippen molar-refractivity contribution in [1.82, 2.24) is 4.98 Å². The van der Waals surface area contributed by atoms with Gasteiger partial charge in [-0.2, -0.15) is 0 Å². The number of carbonyl (C=O) groups is 1. The minimum absolute atomic E-state index is 0.134. The minimum Gasteiger partial charge on any atom is -0.378 e. The predicted octanol–water partition coefficient (Wildman–Crippen LogP) is 3.07. The molecule has 0 unspecified atom stereocenters. The van der Waals surface area contributed by atoms with Crippen LogP contribution >= 0.6 is 15.9 Å². The first-order valence-electron chi connectivity index (χ1n) is 7.19. The van der Waals surface area contributed by atoms with Gasteiger partial charge in [-0.1, -0.05) is 15.9 Å². The minimum atomic E-state index is -0.496. The van der Waals surface area contributed by atoms with E-state index in [-0.39, 0.29) is 11.6 Å². The van der Waals surface area contributed by atoms with Crippen molar-refractivity contribution < 1.29 is 13.9 Å². The summed E-state index contributed by atoms with van der Waals surface area (Å²) in [6.07, 6.45) is 1.64. The molecule has 1 amide bonds. The largest absolute Gasteiger partial charge is 0.378 e. The van der Waals surface area contributed by atoms with E-state index in [0.717, 1.165) is 0 Å². The van der Waals surface area contributed by atoms with E-state index in [1.165, 1.54) is 12.1 Å². The molecule has 120 valence electrons. The van der Waals surface area contributed by atoms with Gasteiger partial charge in [0.15, 0.2) is 0 Å². The molecular weight excluding hydrogens is 365 g/mol. The van der Waals surface area contributed by atoms with Crippen LogP contribution in [0.1, 0.15) is 10.4 Å². The molecule has 0 aliphatic carbocycles. The molecule has 7 heteroatoms. The molecule has 5 nitrogen and oxygen atoms in total. The number of hydrogen-bond acceptors (Lipinski definition) is 4. The summed E-state index contributed by atoms with van der Waals surface area (Å²) in [4.78, 5) is 18.8. The molecule has 0 radical (unpaired) electrons. The van der Waals surface area contributed by atoms with Gasteiger partial charge in [-0.05, 0) is 30.3 Å². The van der Waals surface area contributed by atoms with Gasteiger partial charge < -0.3 is 15.0 Å². The maximum absolute atomic E-state index is 13.9. The van der Waals surface area contributed by atoms with Gasteiger partial charge in [-0.3, -0.25) is 4.79 Å². The SMILES string of the molecule is O=C(Nc1ccc(Br)cc1F)c1cccnc1N1CCOCC1. The normalized spacial score (nSPS) is 14.6. The number of nitrogens with zero attached hydrogens (tertiary/aromatic N) is 2. The van der Waals surface area contributed by atoms with E-state index in [4.69, 9.17) is 4.74 Å². The van der Waals surface area contributed by atoms with Crippen LogP contribution in [0.5, 0.6) is 0 Å². The molecule has 23 heavy (non-hydrogen) atoms.